The highest BCUT2D eigenvalue weighted by Gasteiger charge is 2.31. The Hall–Kier alpha value is -3.35. The van der Waals surface area contributed by atoms with E-state index in [1.807, 2.05) is 60.7 Å². The molecule has 3 rings (SSSR count). The zero-order valence-electron chi connectivity index (χ0n) is 18.2. The summed E-state index contributed by atoms with van der Waals surface area (Å²) in [6.45, 7) is 0.221. The van der Waals surface area contributed by atoms with Crippen LogP contribution in [-0.2, 0) is 16.1 Å². The lowest BCUT2D eigenvalue weighted by Gasteiger charge is -2.31. The fourth-order valence-corrected chi connectivity index (χ4v) is 3.57. The van der Waals surface area contributed by atoms with E-state index >= 15 is 0 Å². The van der Waals surface area contributed by atoms with Crippen LogP contribution < -0.4 is 10.1 Å². The Morgan fingerprint density at radius 3 is 2.24 bits per heavy atom. The number of ether oxygens (including phenoxy) is 1. The van der Waals surface area contributed by atoms with Gasteiger partial charge in [-0.3, -0.25) is 9.59 Å². The average molecular weight is 467 g/mol. The normalized spacial score (nSPS) is 11.5. The monoisotopic (exact) mass is 466 g/mol. The largest absolute Gasteiger partial charge is 0.482 e. The third kappa shape index (κ3) is 7.07. The summed E-state index contributed by atoms with van der Waals surface area (Å²) in [5.41, 5.74) is 1.56. The SMILES string of the molecule is O=C(NCCCO)C(c1ccccc1)N(Cc1ccccc1)C(=O)COc1ccccc1Cl. The first-order chi connectivity index (χ1) is 16.1. The molecule has 7 heteroatoms. The molecule has 0 bridgehead atoms. The number of carbonyl (C=O) groups excluding carboxylic acids is 2. The van der Waals surface area contributed by atoms with Gasteiger partial charge in [-0.25, -0.2) is 0 Å². The van der Waals surface area contributed by atoms with Crippen LogP contribution in [0.25, 0.3) is 0 Å². The molecule has 1 unspecified atom stereocenters. The van der Waals surface area contributed by atoms with E-state index in [9.17, 15) is 9.59 Å². The second kappa shape index (κ2) is 12.6. The maximum absolute atomic E-state index is 13.4. The molecule has 2 N–H and O–H groups in total. The Labute approximate surface area is 198 Å². The standard InChI is InChI=1S/C26H27ClN2O4/c27-22-14-7-8-15-23(22)33-19-24(31)29(18-20-10-3-1-4-11-20)25(21-12-5-2-6-13-21)26(32)28-16-9-17-30/h1-8,10-15,25,30H,9,16-19H2,(H,28,32). The first-order valence-corrected chi connectivity index (χ1v) is 11.1. The zero-order chi connectivity index (χ0) is 23.5. The van der Waals surface area contributed by atoms with Crippen molar-refractivity contribution in [1.29, 1.82) is 0 Å². The van der Waals surface area contributed by atoms with Crippen molar-refractivity contribution < 1.29 is 19.4 Å². The van der Waals surface area contributed by atoms with Crippen molar-refractivity contribution in [1.82, 2.24) is 10.2 Å². The van der Waals surface area contributed by atoms with Gasteiger partial charge in [-0.15, -0.1) is 0 Å². The zero-order valence-corrected chi connectivity index (χ0v) is 18.9. The number of hydrogen-bond acceptors (Lipinski definition) is 4. The molecule has 6 nitrogen and oxygen atoms in total. The summed E-state index contributed by atoms with van der Waals surface area (Å²) in [4.78, 5) is 28.2. The molecule has 0 saturated heterocycles. The molecular weight excluding hydrogens is 440 g/mol. The number of aliphatic hydroxyl groups excluding tert-OH is 1. The Morgan fingerprint density at radius 2 is 1.58 bits per heavy atom. The number of para-hydroxylation sites is 1. The molecule has 0 fully saturated rings. The molecule has 0 radical (unpaired) electrons. The molecule has 0 aromatic heterocycles. The Kier molecular flexibility index (Phi) is 9.30. The number of rotatable bonds is 11. The minimum absolute atomic E-state index is 0.0331. The predicted octanol–water partition coefficient (Wildman–Crippen LogP) is 3.99. The van der Waals surface area contributed by atoms with E-state index in [-0.39, 0.29) is 31.6 Å². The van der Waals surface area contributed by atoms with E-state index in [2.05, 4.69) is 5.32 Å². The molecule has 1 atom stereocenters. The van der Waals surface area contributed by atoms with Crippen LogP contribution in [0.5, 0.6) is 5.75 Å². The Morgan fingerprint density at radius 1 is 0.939 bits per heavy atom. The molecule has 3 aromatic rings. The fraction of sp³-hybridized carbons (Fsp3) is 0.231. The lowest BCUT2D eigenvalue weighted by molar-refractivity contribution is -0.143. The van der Waals surface area contributed by atoms with E-state index in [1.54, 1.807) is 24.3 Å². The molecule has 0 heterocycles. The van der Waals surface area contributed by atoms with Gasteiger partial charge in [0, 0.05) is 19.7 Å². The summed E-state index contributed by atoms with van der Waals surface area (Å²) in [6, 6.07) is 24.7. The topological polar surface area (TPSA) is 78.9 Å². The van der Waals surface area contributed by atoms with E-state index in [1.165, 1.54) is 4.90 Å². The van der Waals surface area contributed by atoms with Crippen molar-refractivity contribution in [2.24, 2.45) is 0 Å². The second-order valence-corrected chi connectivity index (χ2v) is 7.81. The van der Waals surface area contributed by atoms with Crippen molar-refractivity contribution in [2.45, 2.75) is 19.0 Å². The van der Waals surface area contributed by atoms with Gasteiger partial charge in [0.2, 0.25) is 5.91 Å². The summed E-state index contributed by atoms with van der Waals surface area (Å²) in [5.74, 6) is -0.280. The Balaban J connectivity index is 1.90. The molecule has 0 saturated carbocycles. The van der Waals surface area contributed by atoms with Crippen LogP contribution in [0.2, 0.25) is 5.02 Å². The van der Waals surface area contributed by atoms with Crippen LogP contribution in [0.1, 0.15) is 23.6 Å². The van der Waals surface area contributed by atoms with E-state index < -0.39 is 6.04 Å². The molecule has 3 aromatic carbocycles. The highest BCUT2D eigenvalue weighted by Crippen LogP contribution is 2.26. The number of nitrogens with zero attached hydrogens (tertiary/aromatic N) is 1. The van der Waals surface area contributed by atoms with Crippen LogP contribution in [0.3, 0.4) is 0 Å². The van der Waals surface area contributed by atoms with Gasteiger partial charge in [0.15, 0.2) is 6.61 Å². The van der Waals surface area contributed by atoms with Gasteiger partial charge in [0.05, 0.1) is 5.02 Å². The molecule has 0 aliphatic carbocycles. The minimum Gasteiger partial charge on any atom is -0.482 e. The number of amides is 2. The smallest absolute Gasteiger partial charge is 0.261 e. The van der Waals surface area contributed by atoms with Crippen LogP contribution in [0.4, 0.5) is 0 Å². The summed E-state index contributed by atoms with van der Waals surface area (Å²) in [7, 11) is 0. The number of nitrogens with one attached hydrogen (secondary N) is 1. The minimum atomic E-state index is -0.868. The first-order valence-electron chi connectivity index (χ1n) is 10.7. The lowest BCUT2D eigenvalue weighted by Crippen LogP contribution is -2.45. The molecular formula is C26H27ClN2O4. The van der Waals surface area contributed by atoms with Crippen LogP contribution >= 0.6 is 11.6 Å². The van der Waals surface area contributed by atoms with Crippen molar-refractivity contribution in [2.75, 3.05) is 19.8 Å². The first kappa shape index (κ1) is 24.3. The molecule has 33 heavy (non-hydrogen) atoms. The summed E-state index contributed by atoms with van der Waals surface area (Å²) in [5, 5.41) is 12.3. The van der Waals surface area contributed by atoms with E-state index in [0.717, 1.165) is 5.56 Å². The average Bonchev–Trinajstić information content (AvgIpc) is 2.84. The summed E-state index contributed by atoms with van der Waals surface area (Å²) >= 11 is 6.16. The van der Waals surface area contributed by atoms with Crippen molar-refractivity contribution >= 4 is 23.4 Å². The van der Waals surface area contributed by atoms with Gasteiger partial charge in [0.1, 0.15) is 11.8 Å². The van der Waals surface area contributed by atoms with Crippen molar-refractivity contribution in [3.8, 4) is 5.75 Å². The van der Waals surface area contributed by atoms with Gasteiger partial charge in [-0.1, -0.05) is 84.4 Å². The van der Waals surface area contributed by atoms with Gasteiger partial charge in [-0.05, 0) is 29.7 Å². The molecule has 172 valence electrons. The van der Waals surface area contributed by atoms with Crippen LogP contribution in [0.15, 0.2) is 84.9 Å². The summed E-state index contributed by atoms with van der Waals surface area (Å²) in [6.07, 6.45) is 0.426. The van der Waals surface area contributed by atoms with Gasteiger partial charge < -0.3 is 20.1 Å². The molecule has 0 aliphatic heterocycles. The summed E-state index contributed by atoms with van der Waals surface area (Å²) < 4.78 is 5.69. The number of halogens is 1. The second-order valence-electron chi connectivity index (χ2n) is 7.41. The number of carbonyl (C=O) groups is 2. The third-order valence-corrected chi connectivity index (χ3v) is 5.33. The highest BCUT2D eigenvalue weighted by atomic mass is 35.5. The fourth-order valence-electron chi connectivity index (χ4n) is 3.38. The molecule has 2 amide bonds. The predicted molar refractivity (Wildman–Crippen MR) is 128 cm³/mol. The number of hydrogen-bond donors (Lipinski definition) is 2. The maximum atomic E-state index is 13.4. The van der Waals surface area contributed by atoms with Gasteiger partial charge in [-0.2, -0.15) is 0 Å². The van der Waals surface area contributed by atoms with Gasteiger partial charge in [0.25, 0.3) is 5.91 Å². The number of benzene rings is 3. The van der Waals surface area contributed by atoms with E-state index in [4.69, 9.17) is 21.4 Å². The lowest BCUT2D eigenvalue weighted by atomic mass is 10.0. The van der Waals surface area contributed by atoms with E-state index in [0.29, 0.717) is 29.3 Å². The molecule has 0 aliphatic rings. The maximum Gasteiger partial charge on any atom is 0.261 e. The van der Waals surface area contributed by atoms with Crippen molar-refractivity contribution in [3.05, 3.63) is 101 Å². The quantitative estimate of drug-likeness (QED) is 0.419. The third-order valence-electron chi connectivity index (χ3n) is 5.01. The van der Waals surface area contributed by atoms with Crippen molar-refractivity contribution in [3.63, 3.8) is 0 Å². The van der Waals surface area contributed by atoms with Gasteiger partial charge >= 0.3 is 0 Å². The molecule has 0 spiro atoms. The van der Waals surface area contributed by atoms with Crippen LogP contribution in [0, 0.1) is 0 Å². The number of aliphatic hydroxyl groups is 1. The highest BCUT2D eigenvalue weighted by molar-refractivity contribution is 6.32. The van der Waals surface area contributed by atoms with Crippen LogP contribution in [-0.4, -0.2) is 41.6 Å². The Bertz CT molecular complexity index is 1030.